The Balaban J connectivity index is 1.91. The highest BCUT2D eigenvalue weighted by molar-refractivity contribution is 5.09. The molecular formula is C14H25N3O. The summed E-state index contributed by atoms with van der Waals surface area (Å²) < 4.78 is 7.82. The second kappa shape index (κ2) is 5.41. The molecule has 102 valence electrons. The molecule has 1 fully saturated rings. The second-order valence-corrected chi connectivity index (χ2v) is 5.77. The van der Waals surface area contributed by atoms with Crippen LogP contribution in [-0.2, 0) is 17.8 Å². The van der Waals surface area contributed by atoms with E-state index in [9.17, 15) is 0 Å². The van der Waals surface area contributed by atoms with Gasteiger partial charge in [0.2, 0.25) is 0 Å². The Kier molecular flexibility index (Phi) is 4.07. The molecule has 0 bridgehead atoms. The van der Waals surface area contributed by atoms with E-state index >= 15 is 0 Å². The summed E-state index contributed by atoms with van der Waals surface area (Å²) in [6.07, 6.45) is 2.18. The summed E-state index contributed by atoms with van der Waals surface area (Å²) in [6.45, 7) is 11.2. The van der Waals surface area contributed by atoms with Crippen molar-refractivity contribution in [2.75, 3.05) is 6.61 Å². The van der Waals surface area contributed by atoms with Crippen molar-refractivity contribution in [2.24, 2.45) is 0 Å². The van der Waals surface area contributed by atoms with Gasteiger partial charge >= 0.3 is 0 Å². The average Bonchev–Trinajstić information content (AvgIpc) is 2.66. The molecule has 2 rings (SSSR count). The van der Waals surface area contributed by atoms with Crippen molar-refractivity contribution in [2.45, 2.75) is 65.3 Å². The second-order valence-electron chi connectivity index (χ2n) is 5.77. The minimum Gasteiger partial charge on any atom is -0.375 e. The third-order valence-corrected chi connectivity index (χ3v) is 3.55. The fourth-order valence-electron chi connectivity index (χ4n) is 2.67. The minimum absolute atomic E-state index is 0.0107. The SMILES string of the molecule is CCn1nc(C)cc1CNC1CCOC(C)(C)C1. The topological polar surface area (TPSA) is 39.1 Å². The van der Waals surface area contributed by atoms with Gasteiger partial charge in [-0.25, -0.2) is 0 Å². The van der Waals surface area contributed by atoms with E-state index in [1.807, 2.05) is 6.92 Å². The van der Waals surface area contributed by atoms with Gasteiger partial charge in [0, 0.05) is 25.7 Å². The van der Waals surface area contributed by atoms with Crippen LogP contribution < -0.4 is 5.32 Å². The lowest BCUT2D eigenvalue weighted by molar-refractivity contribution is -0.0631. The van der Waals surface area contributed by atoms with Gasteiger partial charge in [-0.1, -0.05) is 0 Å². The Labute approximate surface area is 110 Å². The first-order chi connectivity index (χ1) is 8.50. The number of nitrogens with zero attached hydrogens (tertiary/aromatic N) is 2. The fourth-order valence-corrected chi connectivity index (χ4v) is 2.67. The van der Waals surface area contributed by atoms with Crippen molar-refractivity contribution in [3.05, 3.63) is 17.5 Å². The van der Waals surface area contributed by atoms with Gasteiger partial charge in [-0.15, -0.1) is 0 Å². The molecule has 0 aliphatic carbocycles. The zero-order chi connectivity index (χ0) is 13.2. The van der Waals surface area contributed by atoms with Crippen molar-refractivity contribution >= 4 is 0 Å². The molecule has 0 radical (unpaired) electrons. The van der Waals surface area contributed by atoms with Crippen LogP contribution in [0.5, 0.6) is 0 Å². The van der Waals surface area contributed by atoms with E-state index in [1.54, 1.807) is 0 Å². The summed E-state index contributed by atoms with van der Waals surface area (Å²) in [7, 11) is 0. The van der Waals surface area contributed by atoms with E-state index < -0.39 is 0 Å². The summed E-state index contributed by atoms with van der Waals surface area (Å²) in [5, 5.41) is 8.11. The quantitative estimate of drug-likeness (QED) is 0.892. The standard InChI is InChI=1S/C14H25N3O/c1-5-17-13(8-11(2)16-17)10-15-12-6-7-18-14(3,4)9-12/h8,12,15H,5-7,9-10H2,1-4H3. The molecule has 1 aromatic heterocycles. The summed E-state index contributed by atoms with van der Waals surface area (Å²) in [5.41, 5.74) is 2.39. The predicted octanol–water partition coefficient (Wildman–Crippen LogP) is 2.26. The highest BCUT2D eigenvalue weighted by Gasteiger charge is 2.28. The summed E-state index contributed by atoms with van der Waals surface area (Å²) >= 11 is 0. The van der Waals surface area contributed by atoms with Crippen LogP contribution >= 0.6 is 0 Å². The van der Waals surface area contributed by atoms with Gasteiger partial charge in [-0.3, -0.25) is 4.68 Å². The monoisotopic (exact) mass is 251 g/mol. The first-order valence-electron chi connectivity index (χ1n) is 6.91. The van der Waals surface area contributed by atoms with Crippen molar-refractivity contribution in [3.63, 3.8) is 0 Å². The first kappa shape index (κ1) is 13.6. The Morgan fingerprint density at radius 2 is 2.33 bits per heavy atom. The Hall–Kier alpha value is -0.870. The Bertz CT molecular complexity index is 398. The van der Waals surface area contributed by atoms with Gasteiger partial charge in [0.15, 0.2) is 0 Å². The molecule has 1 atom stereocenters. The summed E-state index contributed by atoms with van der Waals surface area (Å²) in [4.78, 5) is 0. The molecule has 1 N–H and O–H groups in total. The van der Waals surface area contributed by atoms with Crippen LogP contribution in [0.2, 0.25) is 0 Å². The highest BCUT2D eigenvalue weighted by atomic mass is 16.5. The predicted molar refractivity (Wildman–Crippen MR) is 72.5 cm³/mol. The van der Waals surface area contributed by atoms with Crippen molar-refractivity contribution in [3.8, 4) is 0 Å². The molecule has 0 saturated carbocycles. The molecular weight excluding hydrogens is 226 g/mol. The Morgan fingerprint density at radius 3 is 3.00 bits per heavy atom. The average molecular weight is 251 g/mol. The molecule has 4 nitrogen and oxygen atoms in total. The maximum absolute atomic E-state index is 5.74. The van der Waals surface area contributed by atoms with Crippen molar-refractivity contribution < 1.29 is 4.74 Å². The molecule has 2 heterocycles. The zero-order valence-electron chi connectivity index (χ0n) is 12.0. The third kappa shape index (κ3) is 3.33. The lowest BCUT2D eigenvalue weighted by Crippen LogP contribution is -2.43. The lowest BCUT2D eigenvalue weighted by Gasteiger charge is -2.36. The van der Waals surface area contributed by atoms with Crippen molar-refractivity contribution in [1.29, 1.82) is 0 Å². The Morgan fingerprint density at radius 1 is 1.56 bits per heavy atom. The van der Waals surface area contributed by atoms with Crippen LogP contribution in [0, 0.1) is 6.92 Å². The van der Waals surface area contributed by atoms with E-state index in [4.69, 9.17) is 4.74 Å². The number of nitrogens with one attached hydrogen (secondary N) is 1. The summed E-state index contributed by atoms with van der Waals surface area (Å²) in [6, 6.07) is 2.72. The van der Waals surface area contributed by atoms with Gasteiger partial charge in [0.05, 0.1) is 17.0 Å². The van der Waals surface area contributed by atoms with E-state index in [1.165, 1.54) is 5.69 Å². The van der Waals surface area contributed by atoms with Gasteiger partial charge < -0.3 is 10.1 Å². The lowest BCUT2D eigenvalue weighted by atomic mass is 9.94. The largest absolute Gasteiger partial charge is 0.375 e. The molecule has 1 saturated heterocycles. The molecule has 0 amide bonds. The van der Waals surface area contributed by atoms with Crippen LogP contribution in [0.25, 0.3) is 0 Å². The molecule has 18 heavy (non-hydrogen) atoms. The van der Waals surface area contributed by atoms with E-state index in [0.717, 1.165) is 38.2 Å². The normalized spacial score (nSPS) is 23.2. The van der Waals surface area contributed by atoms with E-state index in [0.29, 0.717) is 6.04 Å². The van der Waals surface area contributed by atoms with Gasteiger partial charge in [0.1, 0.15) is 0 Å². The maximum atomic E-state index is 5.74. The molecule has 0 aromatic carbocycles. The number of aryl methyl sites for hydroxylation is 2. The third-order valence-electron chi connectivity index (χ3n) is 3.55. The number of aromatic nitrogens is 2. The molecule has 1 aliphatic rings. The minimum atomic E-state index is 0.0107. The zero-order valence-corrected chi connectivity index (χ0v) is 12.0. The van der Waals surface area contributed by atoms with Crippen LogP contribution in [0.3, 0.4) is 0 Å². The first-order valence-corrected chi connectivity index (χ1v) is 6.91. The molecule has 1 aliphatic heterocycles. The van der Waals surface area contributed by atoms with Crippen LogP contribution in [0.4, 0.5) is 0 Å². The van der Waals surface area contributed by atoms with E-state index in [-0.39, 0.29) is 5.60 Å². The summed E-state index contributed by atoms with van der Waals surface area (Å²) in [5.74, 6) is 0. The molecule has 4 heteroatoms. The molecule has 1 aromatic rings. The van der Waals surface area contributed by atoms with Gasteiger partial charge in [0.25, 0.3) is 0 Å². The smallest absolute Gasteiger partial charge is 0.0641 e. The maximum Gasteiger partial charge on any atom is 0.0641 e. The fraction of sp³-hybridized carbons (Fsp3) is 0.786. The van der Waals surface area contributed by atoms with E-state index in [2.05, 4.69) is 41.9 Å². The molecule has 0 spiro atoms. The van der Waals surface area contributed by atoms with Crippen LogP contribution in [-0.4, -0.2) is 28.0 Å². The van der Waals surface area contributed by atoms with Crippen LogP contribution in [0.15, 0.2) is 6.07 Å². The van der Waals surface area contributed by atoms with Crippen LogP contribution in [0.1, 0.15) is 45.0 Å². The van der Waals surface area contributed by atoms with Gasteiger partial charge in [-0.05, 0) is 46.6 Å². The number of rotatable bonds is 4. The molecule has 1 unspecified atom stereocenters. The number of hydrogen-bond acceptors (Lipinski definition) is 3. The van der Waals surface area contributed by atoms with Crippen molar-refractivity contribution in [1.82, 2.24) is 15.1 Å². The number of hydrogen-bond donors (Lipinski definition) is 1. The van der Waals surface area contributed by atoms with Gasteiger partial charge in [-0.2, -0.15) is 5.10 Å². The number of ether oxygens (including phenoxy) is 1. The highest BCUT2D eigenvalue weighted by Crippen LogP contribution is 2.24.